The van der Waals surface area contributed by atoms with Crippen molar-refractivity contribution < 1.29 is 19.8 Å². The molecule has 5 heteroatoms. The third-order valence-corrected chi connectivity index (χ3v) is 3.99. The van der Waals surface area contributed by atoms with Crippen LogP contribution in [0.1, 0.15) is 32.6 Å². The van der Waals surface area contributed by atoms with Gasteiger partial charge in [-0.25, -0.2) is 4.79 Å². The summed E-state index contributed by atoms with van der Waals surface area (Å²) >= 11 is 0. The third kappa shape index (κ3) is 1.07. The average Bonchev–Trinajstić information content (AvgIpc) is 1.97. The Morgan fingerprint density at radius 2 is 2.00 bits per heavy atom. The first-order valence-corrected chi connectivity index (χ1v) is 5.15. The van der Waals surface area contributed by atoms with E-state index in [1.165, 1.54) is 6.92 Å². The Morgan fingerprint density at radius 3 is 2.27 bits per heavy atom. The van der Waals surface area contributed by atoms with Gasteiger partial charge in [0.05, 0.1) is 6.10 Å². The molecule has 2 fully saturated rings. The zero-order valence-corrected chi connectivity index (χ0v) is 8.62. The highest BCUT2D eigenvalue weighted by Gasteiger charge is 2.72. The van der Waals surface area contributed by atoms with Crippen molar-refractivity contribution in [2.24, 2.45) is 5.41 Å². The first kappa shape index (κ1) is 10.4. The van der Waals surface area contributed by atoms with E-state index in [9.17, 15) is 19.8 Å². The summed E-state index contributed by atoms with van der Waals surface area (Å²) in [6.07, 6.45) is 1.82. The molecule has 2 rings (SSSR count). The van der Waals surface area contributed by atoms with Crippen LogP contribution in [0.3, 0.4) is 0 Å². The predicted octanol–water partition coefficient (Wildman–Crippen LogP) is -0.119. The fraction of sp³-hybridized carbons (Fsp3) is 0.800. The van der Waals surface area contributed by atoms with Crippen molar-refractivity contribution in [3.63, 3.8) is 0 Å². The summed E-state index contributed by atoms with van der Waals surface area (Å²) in [7, 11) is 0. The van der Waals surface area contributed by atoms with Crippen LogP contribution in [0.5, 0.6) is 0 Å². The molecular formula is C10H15NO4. The smallest absolute Gasteiger partial charge is 0.330 e. The molecule has 0 saturated heterocycles. The maximum atomic E-state index is 11.3. The molecule has 5 nitrogen and oxygen atoms in total. The molecule has 0 radical (unpaired) electrons. The van der Waals surface area contributed by atoms with Crippen LogP contribution < -0.4 is 5.32 Å². The van der Waals surface area contributed by atoms with Gasteiger partial charge in [0.15, 0.2) is 0 Å². The number of aliphatic hydroxyl groups is 1. The maximum absolute atomic E-state index is 11.3. The second kappa shape index (κ2) is 2.95. The van der Waals surface area contributed by atoms with Gasteiger partial charge in [-0.15, -0.1) is 0 Å². The van der Waals surface area contributed by atoms with E-state index in [0.717, 1.165) is 6.42 Å². The van der Waals surface area contributed by atoms with Crippen LogP contribution in [0.15, 0.2) is 0 Å². The number of rotatable bonds is 2. The first-order valence-electron chi connectivity index (χ1n) is 5.15. The Morgan fingerprint density at radius 1 is 1.40 bits per heavy atom. The minimum absolute atomic E-state index is 0.127. The number of carbonyl (C=O) groups is 2. The third-order valence-electron chi connectivity index (χ3n) is 3.99. The summed E-state index contributed by atoms with van der Waals surface area (Å²) in [6.45, 7) is 1.31. The molecule has 15 heavy (non-hydrogen) atoms. The van der Waals surface area contributed by atoms with Crippen LogP contribution in [0.25, 0.3) is 0 Å². The lowest BCUT2D eigenvalue weighted by Crippen LogP contribution is -2.79. The number of carbonyl (C=O) groups excluding carboxylic acids is 1. The van der Waals surface area contributed by atoms with Crippen LogP contribution >= 0.6 is 0 Å². The Labute approximate surface area is 87.5 Å². The van der Waals surface area contributed by atoms with E-state index in [1.54, 1.807) is 0 Å². The number of carboxylic acid groups (broad SMARTS) is 1. The summed E-state index contributed by atoms with van der Waals surface area (Å²) in [5.74, 6) is -1.38. The summed E-state index contributed by atoms with van der Waals surface area (Å²) < 4.78 is 0. The number of carboxylic acids is 1. The van der Waals surface area contributed by atoms with Gasteiger partial charge in [-0.05, 0) is 12.8 Å². The van der Waals surface area contributed by atoms with Crippen LogP contribution in [-0.2, 0) is 9.59 Å². The fourth-order valence-corrected chi connectivity index (χ4v) is 2.99. The highest BCUT2D eigenvalue weighted by molar-refractivity contribution is 5.88. The van der Waals surface area contributed by atoms with Gasteiger partial charge in [0.2, 0.25) is 5.91 Å². The van der Waals surface area contributed by atoms with Crippen molar-refractivity contribution in [1.82, 2.24) is 5.32 Å². The Kier molecular flexibility index (Phi) is 2.05. The quantitative estimate of drug-likeness (QED) is 0.597. The molecular weight excluding hydrogens is 198 g/mol. The molecule has 0 heterocycles. The van der Waals surface area contributed by atoms with Crippen molar-refractivity contribution in [2.45, 2.75) is 44.2 Å². The fourth-order valence-electron chi connectivity index (χ4n) is 2.99. The predicted molar refractivity (Wildman–Crippen MR) is 51.1 cm³/mol. The number of aliphatic carboxylic acids is 1. The molecule has 0 aromatic carbocycles. The van der Waals surface area contributed by atoms with E-state index >= 15 is 0 Å². The van der Waals surface area contributed by atoms with Crippen LogP contribution in [-0.4, -0.2) is 33.7 Å². The summed E-state index contributed by atoms with van der Waals surface area (Å²) in [6, 6.07) is 0. The largest absolute Gasteiger partial charge is 0.479 e. The second-order valence-electron chi connectivity index (χ2n) is 4.62. The molecule has 0 aromatic rings. The highest BCUT2D eigenvalue weighted by Crippen LogP contribution is 2.62. The molecule has 2 aliphatic carbocycles. The van der Waals surface area contributed by atoms with Crippen LogP contribution in [0.4, 0.5) is 0 Å². The lowest BCUT2D eigenvalue weighted by molar-refractivity contribution is -0.214. The molecule has 0 aromatic heterocycles. The van der Waals surface area contributed by atoms with Crippen molar-refractivity contribution in [3.8, 4) is 0 Å². The molecule has 1 amide bonds. The topological polar surface area (TPSA) is 86.6 Å². The van der Waals surface area contributed by atoms with Gasteiger partial charge in [0.1, 0.15) is 5.54 Å². The number of hydrogen-bond acceptors (Lipinski definition) is 3. The average molecular weight is 213 g/mol. The van der Waals surface area contributed by atoms with Gasteiger partial charge in [-0.2, -0.15) is 0 Å². The SMILES string of the molecule is CC(=O)N[C@@]1(C(=O)O)C[C@H](O)C12CCC2. The van der Waals surface area contributed by atoms with E-state index < -0.39 is 23.0 Å². The second-order valence-corrected chi connectivity index (χ2v) is 4.62. The number of nitrogens with one attached hydrogen (secondary N) is 1. The maximum Gasteiger partial charge on any atom is 0.330 e. The molecule has 0 aliphatic heterocycles. The number of amides is 1. The molecule has 0 unspecified atom stereocenters. The van der Waals surface area contributed by atoms with E-state index in [-0.39, 0.29) is 12.3 Å². The lowest BCUT2D eigenvalue weighted by atomic mass is 9.43. The van der Waals surface area contributed by atoms with Crippen molar-refractivity contribution in [2.75, 3.05) is 0 Å². The van der Waals surface area contributed by atoms with Gasteiger partial charge < -0.3 is 15.5 Å². The monoisotopic (exact) mass is 213 g/mol. The Balaban J connectivity index is 2.28. The highest BCUT2D eigenvalue weighted by atomic mass is 16.4. The zero-order chi connectivity index (χ0) is 11.3. The molecule has 3 N–H and O–H groups in total. The van der Waals surface area contributed by atoms with Crippen LogP contribution in [0.2, 0.25) is 0 Å². The normalized spacial score (nSPS) is 36.5. The Hall–Kier alpha value is -1.10. The summed E-state index contributed by atoms with van der Waals surface area (Å²) in [4.78, 5) is 22.3. The summed E-state index contributed by atoms with van der Waals surface area (Å²) in [5.41, 5.74) is -1.83. The Bertz CT molecular complexity index is 323. The zero-order valence-electron chi connectivity index (χ0n) is 8.62. The van der Waals surface area contributed by atoms with Crippen molar-refractivity contribution in [3.05, 3.63) is 0 Å². The van der Waals surface area contributed by atoms with E-state index in [0.29, 0.717) is 12.8 Å². The first-order chi connectivity index (χ1) is 6.94. The number of aliphatic hydroxyl groups excluding tert-OH is 1. The van der Waals surface area contributed by atoms with Gasteiger partial charge in [0.25, 0.3) is 0 Å². The molecule has 2 atom stereocenters. The van der Waals surface area contributed by atoms with E-state index in [1.807, 2.05) is 0 Å². The van der Waals surface area contributed by atoms with Crippen molar-refractivity contribution >= 4 is 11.9 Å². The van der Waals surface area contributed by atoms with Gasteiger partial charge in [0, 0.05) is 18.8 Å². The molecule has 84 valence electrons. The lowest BCUT2D eigenvalue weighted by Gasteiger charge is -2.64. The molecule has 2 aliphatic rings. The minimum Gasteiger partial charge on any atom is -0.479 e. The van der Waals surface area contributed by atoms with Crippen LogP contribution in [0, 0.1) is 5.41 Å². The van der Waals surface area contributed by atoms with Gasteiger partial charge >= 0.3 is 5.97 Å². The minimum atomic E-state index is -1.23. The standard InChI is InChI=1S/C10H15NO4/c1-6(12)11-10(8(14)15)5-7(13)9(10)3-2-4-9/h7,13H,2-5H2,1H3,(H,11,12)(H,14,15)/t7-,10+/m0/s1. The van der Waals surface area contributed by atoms with Gasteiger partial charge in [-0.3, -0.25) is 4.79 Å². The molecule has 2 saturated carbocycles. The van der Waals surface area contributed by atoms with E-state index in [4.69, 9.17) is 0 Å². The van der Waals surface area contributed by atoms with Crippen molar-refractivity contribution in [1.29, 1.82) is 0 Å². The number of hydrogen-bond donors (Lipinski definition) is 3. The molecule has 0 bridgehead atoms. The van der Waals surface area contributed by atoms with E-state index in [2.05, 4.69) is 5.32 Å². The summed E-state index contributed by atoms with van der Waals surface area (Å²) in [5, 5.41) is 21.4. The van der Waals surface area contributed by atoms with Gasteiger partial charge in [-0.1, -0.05) is 6.42 Å². The molecule has 1 spiro atoms.